The van der Waals surface area contributed by atoms with Crippen LogP contribution in [0.3, 0.4) is 0 Å². The minimum atomic E-state index is -0.972. The van der Waals surface area contributed by atoms with E-state index in [1.54, 1.807) is 17.5 Å². The minimum absolute atomic E-state index is 0.112. The van der Waals surface area contributed by atoms with E-state index >= 15 is 0 Å². The molecule has 1 atom stereocenters. The van der Waals surface area contributed by atoms with Crippen molar-refractivity contribution < 1.29 is 9.18 Å². The van der Waals surface area contributed by atoms with Crippen molar-refractivity contribution in [1.29, 1.82) is 5.26 Å². The van der Waals surface area contributed by atoms with E-state index in [0.29, 0.717) is 4.88 Å². The predicted octanol–water partition coefficient (Wildman–Crippen LogP) is 4.03. The number of thiophene rings is 1. The molecule has 0 fully saturated rings. The smallest absolute Gasteiger partial charge is 0.188 e. The summed E-state index contributed by atoms with van der Waals surface area (Å²) in [7, 11) is 0. The summed E-state index contributed by atoms with van der Waals surface area (Å²) in [6.07, 6.45) is 0. The lowest BCUT2D eigenvalue weighted by Crippen LogP contribution is -2.11. The molecule has 90 valence electrons. The number of rotatable bonds is 3. The van der Waals surface area contributed by atoms with Crippen LogP contribution in [0.2, 0.25) is 5.02 Å². The molecule has 2 rings (SSSR count). The fraction of sp³-hybridized carbons (Fsp3) is 0.0769. The van der Waals surface area contributed by atoms with Crippen molar-refractivity contribution in [1.82, 2.24) is 0 Å². The number of hydrogen-bond acceptors (Lipinski definition) is 3. The second-order valence-corrected chi connectivity index (χ2v) is 4.98. The molecule has 2 aromatic rings. The van der Waals surface area contributed by atoms with Crippen LogP contribution in [0.4, 0.5) is 4.39 Å². The number of Topliss-reactive ketones (excluding diaryl/α,β-unsaturated/α-hetero) is 1. The number of hydrogen-bond donors (Lipinski definition) is 0. The molecule has 0 saturated carbocycles. The van der Waals surface area contributed by atoms with Crippen LogP contribution in [0.25, 0.3) is 0 Å². The van der Waals surface area contributed by atoms with Crippen molar-refractivity contribution in [2.24, 2.45) is 0 Å². The van der Waals surface area contributed by atoms with E-state index in [1.165, 1.54) is 23.5 Å². The van der Waals surface area contributed by atoms with Crippen LogP contribution in [0, 0.1) is 17.1 Å². The van der Waals surface area contributed by atoms with Crippen LogP contribution in [0.15, 0.2) is 35.7 Å². The summed E-state index contributed by atoms with van der Waals surface area (Å²) in [6, 6.07) is 9.14. The average Bonchev–Trinajstić information content (AvgIpc) is 2.83. The van der Waals surface area contributed by atoms with Gasteiger partial charge in [0.1, 0.15) is 11.7 Å². The third kappa shape index (κ3) is 2.42. The Morgan fingerprint density at radius 1 is 1.44 bits per heavy atom. The molecule has 0 spiro atoms. The lowest BCUT2D eigenvalue weighted by molar-refractivity contribution is 0.0976. The van der Waals surface area contributed by atoms with Gasteiger partial charge in [0.2, 0.25) is 0 Å². The summed E-state index contributed by atoms with van der Waals surface area (Å²) in [5.74, 6) is -2.22. The van der Waals surface area contributed by atoms with Gasteiger partial charge in [-0.1, -0.05) is 17.7 Å². The van der Waals surface area contributed by atoms with Gasteiger partial charge in [0, 0.05) is 9.90 Å². The highest BCUT2D eigenvalue weighted by Gasteiger charge is 2.25. The summed E-state index contributed by atoms with van der Waals surface area (Å²) in [5, 5.41) is 11.0. The lowest BCUT2D eigenvalue weighted by atomic mass is 9.97. The quantitative estimate of drug-likeness (QED) is 0.796. The first-order chi connectivity index (χ1) is 8.63. The summed E-state index contributed by atoms with van der Waals surface area (Å²) in [6.45, 7) is 0. The number of halogens is 2. The molecule has 0 amide bonds. The molecule has 0 radical (unpaired) electrons. The molecule has 2 nitrogen and oxygen atoms in total. The highest BCUT2D eigenvalue weighted by Crippen LogP contribution is 2.26. The Labute approximate surface area is 112 Å². The Balaban J connectivity index is 2.39. The Bertz CT molecular complexity index is 618. The van der Waals surface area contributed by atoms with Gasteiger partial charge in [-0.05, 0) is 29.6 Å². The van der Waals surface area contributed by atoms with Crippen LogP contribution in [0.1, 0.15) is 21.2 Å². The SMILES string of the molecule is N#CC(C(=O)c1ccc(Cl)cc1F)c1cccs1. The van der Waals surface area contributed by atoms with Crippen LogP contribution in [-0.4, -0.2) is 5.78 Å². The van der Waals surface area contributed by atoms with Gasteiger partial charge in [-0.25, -0.2) is 4.39 Å². The monoisotopic (exact) mass is 279 g/mol. The van der Waals surface area contributed by atoms with Crippen LogP contribution < -0.4 is 0 Å². The first-order valence-corrected chi connectivity index (χ1v) is 6.31. The molecule has 1 heterocycles. The van der Waals surface area contributed by atoms with Gasteiger partial charge in [0.25, 0.3) is 0 Å². The van der Waals surface area contributed by atoms with Crippen molar-refractivity contribution in [2.45, 2.75) is 5.92 Å². The zero-order valence-corrected chi connectivity index (χ0v) is 10.6. The summed E-state index contributed by atoms with van der Waals surface area (Å²) in [4.78, 5) is 12.7. The zero-order chi connectivity index (χ0) is 13.1. The van der Waals surface area contributed by atoms with Gasteiger partial charge in [-0.3, -0.25) is 4.79 Å². The molecule has 1 unspecified atom stereocenters. The molecule has 0 bridgehead atoms. The van der Waals surface area contributed by atoms with Gasteiger partial charge in [-0.2, -0.15) is 5.26 Å². The summed E-state index contributed by atoms with van der Waals surface area (Å²) in [5.41, 5.74) is -0.112. The molecule has 0 aliphatic rings. The van der Waals surface area contributed by atoms with Gasteiger partial charge < -0.3 is 0 Å². The Hall–Kier alpha value is -1.70. The van der Waals surface area contributed by atoms with Crippen molar-refractivity contribution in [3.05, 3.63) is 57.0 Å². The second kappa shape index (κ2) is 5.30. The van der Waals surface area contributed by atoms with Crippen molar-refractivity contribution >= 4 is 28.7 Å². The second-order valence-electron chi connectivity index (χ2n) is 3.57. The van der Waals surface area contributed by atoms with Gasteiger partial charge in [0.05, 0.1) is 11.6 Å². The van der Waals surface area contributed by atoms with E-state index in [2.05, 4.69) is 0 Å². The van der Waals surface area contributed by atoms with E-state index in [9.17, 15) is 9.18 Å². The molecular weight excluding hydrogens is 273 g/mol. The van der Waals surface area contributed by atoms with E-state index in [0.717, 1.165) is 6.07 Å². The van der Waals surface area contributed by atoms with Gasteiger partial charge >= 0.3 is 0 Å². The van der Waals surface area contributed by atoms with E-state index in [-0.39, 0.29) is 10.6 Å². The maximum Gasteiger partial charge on any atom is 0.188 e. The third-order valence-electron chi connectivity index (χ3n) is 2.42. The van der Waals surface area contributed by atoms with Crippen LogP contribution >= 0.6 is 22.9 Å². The zero-order valence-electron chi connectivity index (χ0n) is 9.06. The molecule has 0 aliphatic heterocycles. The number of carbonyl (C=O) groups excluding carboxylic acids is 1. The molecule has 0 N–H and O–H groups in total. The molecule has 1 aromatic carbocycles. The van der Waals surface area contributed by atoms with Crippen molar-refractivity contribution in [3.8, 4) is 6.07 Å². The van der Waals surface area contributed by atoms with E-state index in [1.807, 2.05) is 6.07 Å². The highest BCUT2D eigenvalue weighted by molar-refractivity contribution is 7.10. The largest absolute Gasteiger partial charge is 0.292 e. The van der Waals surface area contributed by atoms with Crippen LogP contribution in [-0.2, 0) is 0 Å². The third-order valence-corrected chi connectivity index (χ3v) is 3.59. The number of nitrogens with zero attached hydrogens (tertiary/aromatic N) is 1. The Morgan fingerprint density at radius 2 is 2.22 bits per heavy atom. The number of nitriles is 1. The topological polar surface area (TPSA) is 40.9 Å². The van der Waals surface area contributed by atoms with Crippen molar-refractivity contribution in [3.63, 3.8) is 0 Å². The Morgan fingerprint density at radius 3 is 2.78 bits per heavy atom. The average molecular weight is 280 g/mol. The molecule has 18 heavy (non-hydrogen) atoms. The number of benzene rings is 1. The standard InChI is InChI=1S/C13H7ClFNOS/c14-8-3-4-9(11(15)6-8)13(17)10(7-16)12-2-1-5-18-12/h1-6,10H. The Kier molecular flexibility index (Phi) is 3.75. The predicted molar refractivity (Wildman–Crippen MR) is 68.4 cm³/mol. The molecular formula is C13H7ClFNOS. The first kappa shape index (κ1) is 12.7. The fourth-order valence-electron chi connectivity index (χ4n) is 1.55. The van der Waals surface area contributed by atoms with E-state index in [4.69, 9.17) is 16.9 Å². The number of ketones is 1. The highest BCUT2D eigenvalue weighted by atomic mass is 35.5. The summed E-state index contributed by atoms with van der Waals surface area (Å²) < 4.78 is 13.6. The van der Waals surface area contributed by atoms with Crippen LogP contribution in [0.5, 0.6) is 0 Å². The van der Waals surface area contributed by atoms with Gasteiger partial charge in [-0.15, -0.1) is 11.3 Å². The normalized spacial score (nSPS) is 11.8. The van der Waals surface area contributed by atoms with E-state index < -0.39 is 17.5 Å². The lowest BCUT2D eigenvalue weighted by Gasteiger charge is -2.07. The van der Waals surface area contributed by atoms with Crippen molar-refractivity contribution in [2.75, 3.05) is 0 Å². The maximum atomic E-state index is 13.6. The first-order valence-electron chi connectivity index (χ1n) is 5.05. The van der Waals surface area contributed by atoms with Gasteiger partial charge in [0.15, 0.2) is 5.78 Å². The number of carbonyl (C=O) groups is 1. The minimum Gasteiger partial charge on any atom is -0.292 e. The molecule has 1 aromatic heterocycles. The molecule has 5 heteroatoms. The summed E-state index contributed by atoms with van der Waals surface area (Å²) >= 11 is 6.92. The molecule has 0 aliphatic carbocycles. The molecule has 0 saturated heterocycles. The maximum absolute atomic E-state index is 13.6. The fourth-order valence-corrected chi connectivity index (χ4v) is 2.48.